The van der Waals surface area contributed by atoms with Crippen molar-refractivity contribution < 1.29 is 21.8 Å². The Balaban J connectivity index is 1.94. The van der Waals surface area contributed by atoms with E-state index in [9.17, 15) is 8.42 Å². The zero-order chi connectivity index (χ0) is 14.4. The lowest BCUT2D eigenvalue weighted by Gasteiger charge is -2.25. The minimum atomic E-state index is -3.93. The van der Waals surface area contributed by atoms with E-state index in [1.807, 2.05) is 18.2 Å². The average molecular weight is 302 g/mol. The van der Waals surface area contributed by atoms with E-state index < -0.39 is 16.4 Å². The zero-order valence-corrected chi connectivity index (χ0v) is 11.5. The standard InChI is InChI=1S/C15H10O5S/c16-21(17)14-11-5-2-1-4-10(11)7-8-12(14)19-15(20-21)13-6-3-9-18-13/h1-9,15H. The Morgan fingerprint density at radius 2 is 1.81 bits per heavy atom. The van der Waals surface area contributed by atoms with Gasteiger partial charge < -0.3 is 9.15 Å². The fourth-order valence-electron chi connectivity index (χ4n) is 2.40. The second-order valence-corrected chi connectivity index (χ2v) is 6.14. The molecule has 0 aliphatic carbocycles. The van der Waals surface area contributed by atoms with Crippen LogP contribution in [0.5, 0.6) is 5.75 Å². The molecule has 4 rings (SSSR count). The molecule has 1 aliphatic rings. The van der Waals surface area contributed by atoms with Crippen LogP contribution in [-0.2, 0) is 14.3 Å². The van der Waals surface area contributed by atoms with Crippen molar-refractivity contribution in [3.8, 4) is 5.75 Å². The van der Waals surface area contributed by atoms with Gasteiger partial charge in [-0.2, -0.15) is 8.42 Å². The van der Waals surface area contributed by atoms with Gasteiger partial charge in [-0.3, -0.25) is 0 Å². The molecule has 21 heavy (non-hydrogen) atoms. The number of hydrogen-bond acceptors (Lipinski definition) is 5. The smallest absolute Gasteiger partial charge is 0.305 e. The monoisotopic (exact) mass is 302 g/mol. The quantitative estimate of drug-likeness (QED) is 0.646. The van der Waals surface area contributed by atoms with Gasteiger partial charge in [0.15, 0.2) is 5.76 Å². The molecule has 106 valence electrons. The highest BCUT2D eigenvalue weighted by Gasteiger charge is 2.36. The molecule has 0 spiro atoms. The molecule has 1 aromatic heterocycles. The van der Waals surface area contributed by atoms with Crippen LogP contribution in [0.25, 0.3) is 10.8 Å². The highest BCUT2D eigenvalue weighted by Crippen LogP contribution is 2.41. The maximum atomic E-state index is 12.4. The summed E-state index contributed by atoms with van der Waals surface area (Å²) in [5.74, 6) is 0.568. The lowest BCUT2D eigenvalue weighted by molar-refractivity contribution is -0.0197. The van der Waals surface area contributed by atoms with Crippen LogP contribution in [-0.4, -0.2) is 8.42 Å². The molecule has 2 aromatic carbocycles. The van der Waals surface area contributed by atoms with E-state index in [4.69, 9.17) is 13.3 Å². The lowest BCUT2D eigenvalue weighted by Crippen LogP contribution is -2.23. The number of benzene rings is 2. The van der Waals surface area contributed by atoms with E-state index in [0.717, 1.165) is 5.39 Å². The van der Waals surface area contributed by atoms with Crippen LogP contribution in [0.1, 0.15) is 12.1 Å². The number of ether oxygens (including phenoxy) is 1. The highest BCUT2D eigenvalue weighted by atomic mass is 32.2. The van der Waals surface area contributed by atoms with Gasteiger partial charge in [0.1, 0.15) is 10.6 Å². The van der Waals surface area contributed by atoms with Crippen LogP contribution in [0, 0.1) is 0 Å². The van der Waals surface area contributed by atoms with Gasteiger partial charge in [-0.1, -0.05) is 30.3 Å². The molecule has 0 amide bonds. The van der Waals surface area contributed by atoms with Crippen LogP contribution in [0.4, 0.5) is 0 Å². The van der Waals surface area contributed by atoms with Crippen molar-refractivity contribution in [1.29, 1.82) is 0 Å². The molecular weight excluding hydrogens is 292 g/mol. The second-order valence-electron chi connectivity index (χ2n) is 4.63. The summed E-state index contributed by atoms with van der Waals surface area (Å²) in [6, 6.07) is 13.9. The van der Waals surface area contributed by atoms with Crippen LogP contribution in [0.3, 0.4) is 0 Å². The molecule has 0 saturated heterocycles. The van der Waals surface area contributed by atoms with Crippen molar-refractivity contribution in [2.24, 2.45) is 0 Å². The van der Waals surface area contributed by atoms with Gasteiger partial charge in [0.2, 0.25) is 0 Å². The van der Waals surface area contributed by atoms with Gasteiger partial charge in [0.05, 0.1) is 6.26 Å². The van der Waals surface area contributed by atoms with Crippen molar-refractivity contribution in [2.75, 3.05) is 0 Å². The van der Waals surface area contributed by atoms with Crippen molar-refractivity contribution >= 4 is 20.9 Å². The summed E-state index contributed by atoms with van der Waals surface area (Å²) in [6.45, 7) is 0. The molecule has 0 fully saturated rings. The van der Waals surface area contributed by atoms with Crippen molar-refractivity contribution in [2.45, 2.75) is 11.2 Å². The summed E-state index contributed by atoms with van der Waals surface area (Å²) in [4.78, 5) is 0.0587. The molecule has 0 bridgehead atoms. The molecule has 0 radical (unpaired) electrons. The van der Waals surface area contributed by atoms with Gasteiger partial charge in [0.25, 0.3) is 6.29 Å². The summed E-state index contributed by atoms with van der Waals surface area (Å²) >= 11 is 0. The Morgan fingerprint density at radius 1 is 0.952 bits per heavy atom. The molecule has 1 aliphatic heterocycles. The summed E-state index contributed by atoms with van der Waals surface area (Å²) in [6.07, 6.45) is 0.337. The number of hydrogen-bond donors (Lipinski definition) is 0. The molecule has 3 aromatic rings. The third-order valence-electron chi connectivity index (χ3n) is 3.32. The summed E-state index contributed by atoms with van der Waals surface area (Å²) < 4.78 is 40.8. The Kier molecular flexibility index (Phi) is 2.57. The number of furan rings is 1. The Labute approximate surface area is 120 Å². The Bertz CT molecular complexity index is 912. The molecule has 1 unspecified atom stereocenters. The fraction of sp³-hybridized carbons (Fsp3) is 0.0667. The maximum absolute atomic E-state index is 12.4. The van der Waals surface area contributed by atoms with E-state index in [0.29, 0.717) is 11.1 Å². The van der Waals surface area contributed by atoms with E-state index in [1.54, 1.807) is 30.3 Å². The third-order valence-corrected chi connectivity index (χ3v) is 4.67. The van der Waals surface area contributed by atoms with Crippen molar-refractivity contribution in [3.63, 3.8) is 0 Å². The fourth-order valence-corrected chi connectivity index (χ4v) is 3.68. The lowest BCUT2D eigenvalue weighted by atomic mass is 10.1. The maximum Gasteiger partial charge on any atom is 0.305 e. The van der Waals surface area contributed by atoms with Gasteiger partial charge in [0, 0.05) is 5.39 Å². The first-order chi connectivity index (χ1) is 10.1. The first-order valence-electron chi connectivity index (χ1n) is 6.30. The molecule has 5 nitrogen and oxygen atoms in total. The average Bonchev–Trinajstić information content (AvgIpc) is 3.00. The van der Waals surface area contributed by atoms with Crippen LogP contribution in [0.2, 0.25) is 0 Å². The Hall–Kier alpha value is -2.31. The largest absolute Gasteiger partial charge is 0.463 e. The van der Waals surface area contributed by atoms with Gasteiger partial charge in [-0.15, -0.1) is 0 Å². The van der Waals surface area contributed by atoms with E-state index >= 15 is 0 Å². The first-order valence-corrected chi connectivity index (χ1v) is 7.71. The number of rotatable bonds is 1. The highest BCUT2D eigenvalue weighted by molar-refractivity contribution is 7.87. The molecule has 2 heterocycles. The summed E-state index contributed by atoms with van der Waals surface area (Å²) in [5.41, 5.74) is 0. The van der Waals surface area contributed by atoms with Gasteiger partial charge in [-0.05, 0) is 23.6 Å². The summed E-state index contributed by atoms with van der Waals surface area (Å²) in [7, 11) is -3.93. The zero-order valence-electron chi connectivity index (χ0n) is 10.7. The molecule has 6 heteroatoms. The third kappa shape index (κ3) is 1.91. The minimum absolute atomic E-state index is 0.0587. The molecular formula is C15H10O5S. The molecule has 0 saturated carbocycles. The topological polar surface area (TPSA) is 65.7 Å². The molecule has 0 N–H and O–H groups in total. The van der Waals surface area contributed by atoms with Crippen LogP contribution >= 0.6 is 0 Å². The Morgan fingerprint density at radius 3 is 2.62 bits per heavy atom. The van der Waals surface area contributed by atoms with E-state index in [1.165, 1.54) is 6.26 Å². The van der Waals surface area contributed by atoms with Crippen molar-refractivity contribution in [1.82, 2.24) is 0 Å². The van der Waals surface area contributed by atoms with Gasteiger partial charge >= 0.3 is 10.1 Å². The minimum Gasteiger partial charge on any atom is -0.463 e. The first kappa shape index (κ1) is 12.4. The summed E-state index contributed by atoms with van der Waals surface area (Å²) in [5, 5.41) is 1.39. The van der Waals surface area contributed by atoms with E-state index in [-0.39, 0.29) is 10.6 Å². The van der Waals surface area contributed by atoms with E-state index in [2.05, 4.69) is 0 Å². The second kappa shape index (κ2) is 4.34. The van der Waals surface area contributed by atoms with Crippen LogP contribution in [0.15, 0.2) is 64.1 Å². The predicted molar refractivity (Wildman–Crippen MR) is 74.3 cm³/mol. The molecule has 1 atom stereocenters. The SMILES string of the molecule is O=S1(=O)OC(c2ccco2)Oc2ccc3ccccc3c21. The predicted octanol–water partition coefficient (Wildman–Crippen LogP) is 3.23. The normalized spacial score (nSPS) is 19.9. The van der Waals surface area contributed by atoms with Crippen molar-refractivity contribution in [3.05, 3.63) is 60.6 Å². The number of fused-ring (bicyclic) bond motifs is 3. The van der Waals surface area contributed by atoms with Gasteiger partial charge in [-0.25, -0.2) is 4.18 Å². The van der Waals surface area contributed by atoms with Crippen LogP contribution < -0.4 is 4.74 Å².